The SMILES string of the molecule is O=S(=O)(OS(CCO)(CCO)Cc1ccc2ccccc2c1)C(F)(F)F. The zero-order valence-electron chi connectivity index (χ0n) is 13.6. The van der Waals surface area contributed by atoms with Crippen LogP contribution in [-0.4, -0.2) is 48.9 Å². The van der Waals surface area contributed by atoms with Crippen LogP contribution in [0.4, 0.5) is 13.2 Å². The van der Waals surface area contributed by atoms with E-state index in [1.165, 1.54) is 0 Å². The maximum absolute atomic E-state index is 12.8. The summed E-state index contributed by atoms with van der Waals surface area (Å²) in [5.41, 5.74) is -5.00. The summed E-state index contributed by atoms with van der Waals surface area (Å²) < 4.78 is 66.0. The molecule has 0 bridgehead atoms. The molecule has 0 saturated heterocycles. The predicted octanol–water partition coefficient (Wildman–Crippen LogP) is 2.91. The first-order chi connectivity index (χ1) is 12.1. The van der Waals surface area contributed by atoms with Crippen molar-refractivity contribution in [3.63, 3.8) is 0 Å². The van der Waals surface area contributed by atoms with Gasteiger partial charge >= 0.3 is 15.6 Å². The van der Waals surface area contributed by atoms with Gasteiger partial charge in [-0.3, -0.25) is 0 Å². The molecule has 146 valence electrons. The number of hydrogen-bond acceptors (Lipinski definition) is 5. The Morgan fingerprint density at radius 3 is 2.04 bits per heavy atom. The highest BCUT2D eigenvalue weighted by Gasteiger charge is 2.50. The van der Waals surface area contributed by atoms with Gasteiger partial charge in [-0.25, -0.2) is 3.63 Å². The molecule has 0 fully saturated rings. The van der Waals surface area contributed by atoms with E-state index < -0.39 is 39.1 Å². The molecule has 26 heavy (non-hydrogen) atoms. The van der Waals surface area contributed by atoms with Crippen LogP contribution in [0, 0.1) is 0 Å². The first-order valence-electron chi connectivity index (χ1n) is 7.61. The maximum atomic E-state index is 12.8. The van der Waals surface area contributed by atoms with Gasteiger partial charge in [-0.15, -0.1) is 10.3 Å². The molecule has 2 rings (SSSR count). The van der Waals surface area contributed by atoms with Gasteiger partial charge in [0, 0.05) is 17.3 Å². The number of aliphatic hydroxyl groups excluding tert-OH is 2. The minimum absolute atomic E-state index is 0.131. The molecule has 5 nitrogen and oxygen atoms in total. The van der Waals surface area contributed by atoms with E-state index in [1.807, 2.05) is 18.2 Å². The molecule has 0 aliphatic rings. The van der Waals surface area contributed by atoms with Crippen molar-refractivity contribution in [3.05, 3.63) is 48.0 Å². The van der Waals surface area contributed by atoms with Crippen LogP contribution in [0.1, 0.15) is 5.56 Å². The van der Waals surface area contributed by atoms with Gasteiger partial charge in [0.25, 0.3) is 0 Å². The largest absolute Gasteiger partial charge is 0.523 e. The Balaban J connectivity index is 2.42. The van der Waals surface area contributed by atoms with Crippen LogP contribution in [0.3, 0.4) is 0 Å². The average Bonchev–Trinajstić information content (AvgIpc) is 2.53. The van der Waals surface area contributed by atoms with E-state index in [-0.39, 0.29) is 17.3 Å². The lowest BCUT2D eigenvalue weighted by atomic mass is 10.1. The molecule has 0 saturated carbocycles. The van der Waals surface area contributed by atoms with Crippen LogP contribution in [0.15, 0.2) is 42.5 Å². The fraction of sp³-hybridized carbons (Fsp3) is 0.375. The second-order valence-electron chi connectivity index (χ2n) is 5.62. The van der Waals surface area contributed by atoms with Crippen molar-refractivity contribution in [2.24, 2.45) is 0 Å². The molecule has 2 N–H and O–H groups in total. The molecule has 0 atom stereocenters. The van der Waals surface area contributed by atoms with Gasteiger partial charge in [0.15, 0.2) is 0 Å². The van der Waals surface area contributed by atoms with Gasteiger partial charge in [-0.1, -0.05) is 42.5 Å². The van der Waals surface area contributed by atoms with Gasteiger partial charge in [0.1, 0.15) is 0 Å². The highest BCUT2D eigenvalue weighted by molar-refractivity contribution is 8.32. The monoisotopic (exact) mass is 412 g/mol. The van der Waals surface area contributed by atoms with E-state index >= 15 is 0 Å². The summed E-state index contributed by atoms with van der Waals surface area (Å²) in [4.78, 5) is 0. The molecule has 0 spiro atoms. The number of hydrogen-bond donors (Lipinski definition) is 2. The topological polar surface area (TPSA) is 83.8 Å². The normalized spacial score (nSPS) is 13.9. The van der Waals surface area contributed by atoms with E-state index in [1.54, 1.807) is 24.3 Å². The van der Waals surface area contributed by atoms with E-state index in [0.717, 1.165) is 10.8 Å². The minimum atomic E-state index is -5.85. The summed E-state index contributed by atoms with van der Waals surface area (Å²) >= 11 is 0. The van der Waals surface area contributed by atoms with Crippen molar-refractivity contribution in [3.8, 4) is 0 Å². The van der Waals surface area contributed by atoms with Gasteiger partial charge in [-0.2, -0.15) is 21.6 Å². The standard InChI is InChI=1S/C16H19F3O5S2/c17-16(18,19)26(22,23)24-25(9-7-20,10-8-21)12-13-5-6-14-3-1-2-4-15(14)11-13/h1-6,11,20-21H,7-10,12H2. The second kappa shape index (κ2) is 8.13. The number of alkyl halides is 3. The van der Waals surface area contributed by atoms with Gasteiger partial charge in [0.2, 0.25) is 0 Å². The van der Waals surface area contributed by atoms with Crippen LogP contribution in [0.2, 0.25) is 0 Å². The average molecular weight is 412 g/mol. The van der Waals surface area contributed by atoms with Crippen LogP contribution < -0.4 is 0 Å². The molecular weight excluding hydrogens is 393 g/mol. The summed E-state index contributed by atoms with van der Waals surface area (Å²) in [6.45, 7) is -1.12. The van der Waals surface area contributed by atoms with Crippen LogP contribution >= 0.6 is 10.3 Å². The van der Waals surface area contributed by atoms with Gasteiger partial charge < -0.3 is 10.2 Å². The minimum Gasteiger partial charge on any atom is -0.395 e. The molecule has 0 amide bonds. The van der Waals surface area contributed by atoms with Gasteiger partial charge in [0.05, 0.1) is 13.2 Å². The van der Waals surface area contributed by atoms with Crippen molar-refractivity contribution < 1.29 is 35.4 Å². The molecule has 0 aromatic heterocycles. The molecular formula is C16H19F3O5S2. The lowest BCUT2D eigenvalue weighted by Crippen LogP contribution is -2.30. The van der Waals surface area contributed by atoms with E-state index in [4.69, 9.17) is 0 Å². The molecule has 0 heterocycles. The molecule has 0 aliphatic heterocycles. The summed E-state index contributed by atoms with van der Waals surface area (Å²) in [5, 5.41) is 20.3. The van der Waals surface area contributed by atoms with E-state index in [9.17, 15) is 31.8 Å². The summed E-state index contributed by atoms with van der Waals surface area (Å²) in [6.07, 6.45) is 0. The van der Waals surface area contributed by atoms with Crippen molar-refractivity contribution in [1.82, 2.24) is 0 Å². The maximum Gasteiger partial charge on any atom is 0.523 e. The molecule has 10 heteroatoms. The predicted molar refractivity (Wildman–Crippen MR) is 95.2 cm³/mol. The Morgan fingerprint density at radius 2 is 1.50 bits per heavy atom. The first-order valence-corrected chi connectivity index (χ1v) is 11.1. The number of rotatable bonds is 8. The number of aliphatic hydroxyl groups is 2. The Hall–Kier alpha value is -1.33. The second-order valence-corrected chi connectivity index (χ2v) is 10.6. The molecule has 0 radical (unpaired) electrons. The number of benzene rings is 2. The van der Waals surface area contributed by atoms with Gasteiger partial charge in [-0.05, 0) is 16.3 Å². The zero-order chi connectivity index (χ0) is 19.4. The van der Waals surface area contributed by atoms with Crippen molar-refractivity contribution in [2.75, 3.05) is 24.7 Å². The molecule has 2 aromatic rings. The summed E-state index contributed by atoms with van der Waals surface area (Å²) in [6, 6.07) is 12.5. The van der Waals surface area contributed by atoms with Crippen molar-refractivity contribution >= 4 is 31.2 Å². The Morgan fingerprint density at radius 1 is 0.923 bits per heavy atom. The third kappa shape index (κ3) is 4.89. The smallest absolute Gasteiger partial charge is 0.395 e. The Labute approximate surface area is 151 Å². The van der Waals surface area contributed by atoms with E-state index in [0.29, 0.717) is 5.56 Å². The lowest BCUT2D eigenvalue weighted by Gasteiger charge is -2.37. The fourth-order valence-electron chi connectivity index (χ4n) is 2.53. The highest BCUT2D eigenvalue weighted by atomic mass is 32.3. The third-order valence-electron chi connectivity index (χ3n) is 3.69. The van der Waals surface area contributed by atoms with Crippen molar-refractivity contribution in [1.29, 1.82) is 0 Å². The lowest BCUT2D eigenvalue weighted by molar-refractivity contribution is -0.0496. The zero-order valence-corrected chi connectivity index (χ0v) is 15.3. The van der Waals surface area contributed by atoms with Crippen LogP contribution in [-0.2, 0) is 19.5 Å². The van der Waals surface area contributed by atoms with Crippen LogP contribution in [0.25, 0.3) is 10.8 Å². The quantitative estimate of drug-likeness (QED) is 0.652. The fourth-order valence-corrected chi connectivity index (χ4v) is 7.04. The third-order valence-corrected chi connectivity index (χ3v) is 8.84. The number of halogens is 3. The first kappa shape index (κ1) is 21.0. The van der Waals surface area contributed by atoms with E-state index in [2.05, 4.69) is 3.63 Å². The Kier molecular flexibility index (Phi) is 6.56. The van der Waals surface area contributed by atoms with Crippen LogP contribution in [0.5, 0.6) is 0 Å². The number of fused-ring (bicyclic) bond motifs is 1. The molecule has 0 unspecified atom stereocenters. The van der Waals surface area contributed by atoms with Crippen molar-refractivity contribution in [2.45, 2.75) is 11.3 Å². The Bertz CT molecular complexity index is 846. The summed E-state index contributed by atoms with van der Waals surface area (Å²) in [7, 11) is -8.81. The highest BCUT2D eigenvalue weighted by Crippen LogP contribution is 2.54. The molecule has 0 aliphatic carbocycles. The summed E-state index contributed by atoms with van der Waals surface area (Å²) in [5.74, 6) is -0.723. The molecule has 2 aromatic carbocycles.